The monoisotopic (exact) mass is 335 g/mol. The van der Waals surface area contributed by atoms with Crippen LogP contribution in [0, 0.1) is 18.3 Å². The number of amides is 1. The number of carbonyl (C=O) groups excluding carboxylic acids is 1. The Labute approximate surface area is 114 Å². The average molecular weight is 335 g/mol. The molecule has 0 saturated carbocycles. The predicted octanol–water partition coefficient (Wildman–Crippen LogP) is 2.33. The van der Waals surface area contributed by atoms with Crippen LogP contribution >= 0.6 is 22.6 Å². The molecule has 0 bridgehead atoms. The molecule has 3 heteroatoms. The predicted molar refractivity (Wildman–Crippen MR) is 74.6 cm³/mol. The fourth-order valence-corrected chi connectivity index (χ4v) is 3.55. The van der Waals surface area contributed by atoms with E-state index in [4.69, 9.17) is 6.42 Å². The number of carbonyl (C=O) groups is 1. The van der Waals surface area contributed by atoms with Crippen LogP contribution in [0.15, 0.2) is 27.9 Å². The Balaban J connectivity index is 2.13. The summed E-state index contributed by atoms with van der Waals surface area (Å²) >= 11 is 2.14. The number of hydrogen-bond acceptors (Lipinski definition) is 1. The molecule has 1 N–H and O–H groups in total. The molecule has 2 atom stereocenters. The van der Waals surface area contributed by atoms with Crippen molar-refractivity contribution in [2.24, 2.45) is 5.92 Å². The van der Waals surface area contributed by atoms with E-state index in [2.05, 4.69) is 39.9 Å². The van der Waals surface area contributed by atoms with Crippen molar-refractivity contribution in [1.29, 1.82) is 0 Å². The molecule has 3 rings (SSSR count). The minimum Gasteiger partial charge on any atom is -0.345 e. The Morgan fingerprint density at radius 3 is 3.06 bits per heavy atom. The van der Waals surface area contributed by atoms with E-state index in [0.717, 1.165) is 17.6 Å². The minimum atomic E-state index is 0.0613. The highest BCUT2D eigenvalue weighted by molar-refractivity contribution is 14.1. The van der Waals surface area contributed by atoms with Gasteiger partial charge in [0.05, 0.1) is 6.04 Å². The van der Waals surface area contributed by atoms with Crippen LogP contribution in [0.3, 0.4) is 0 Å². The highest BCUT2D eigenvalue weighted by Gasteiger charge is 2.43. The summed E-state index contributed by atoms with van der Waals surface area (Å²) in [5.41, 5.74) is 4.25. The van der Waals surface area contributed by atoms with E-state index >= 15 is 0 Å². The largest absolute Gasteiger partial charge is 0.345 e. The van der Waals surface area contributed by atoms with E-state index < -0.39 is 0 Å². The van der Waals surface area contributed by atoms with Crippen molar-refractivity contribution in [3.05, 3.63) is 44.5 Å². The molecule has 2 nitrogen and oxygen atoms in total. The first-order valence-electron chi connectivity index (χ1n) is 5.45. The van der Waals surface area contributed by atoms with Crippen LogP contribution in [0.2, 0.25) is 0 Å². The van der Waals surface area contributed by atoms with Crippen LogP contribution in [0.25, 0.3) is 0 Å². The second kappa shape index (κ2) is 3.88. The van der Waals surface area contributed by atoms with E-state index in [1.807, 2.05) is 16.2 Å². The number of nitrogens with one attached hydrogen (secondary N) is 1. The third-order valence-corrected chi connectivity index (χ3v) is 4.27. The maximum Gasteiger partial charge on any atom is 0.248 e. The minimum absolute atomic E-state index is 0.0613. The topological polar surface area (TPSA) is 29.1 Å². The molecule has 2 unspecified atom stereocenters. The van der Waals surface area contributed by atoms with Gasteiger partial charge in [-0.15, -0.1) is 6.42 Å². The van der Waals surface area contributed by atoms with Gasteiger partial charge in [0.1, 0.15) is 0 Å². The van der Waals surface area contributed by atoms with Crippen LogP contribution in [0.1, 0.15) is 22.7 Å². The highest BCUT2D eigenvalue weighted by atomic mass is 127. The van der Waals surface area contributed by atoms with Crippen LogP contribution in [-0.2, 0) is 11.2 Å². The van der Waals surface area contributed by atoms with Crippen molar-refractivity contribution in [2.45, 2.75) is 12.5 Å². The zero-order chi connectivity index (χ0) is 12.0. The van der Waals surface area contributed by atoms with Crippen molar-refractivity contribution < 1.29 is 4.79 Å². The third kappa shape index (κ3) is 1.44. The zero-order valence-electron chi connectivity index (χ0n) is 9.03. The lowest BCUT2D eigenvalue weighted by Gasteiger charge is -2.09. The quantitative estimate of drug-likeness (QED) is 0.440. The molecule has 1 aromatic carbocycles. The smallest absolute Gasteiger partial charge is 0.248 e. The molecule has 1 aromatic rings. The van der Waals surface area contributed by atoms with Crippen molar-refractivity contribution in [3.63, 3.8) is 0 Å². The number of rotatable bonds is 0. The molecule has 2 aliphatic rings. The molecule has 1 aliphatic heterocycles. The molecule has 1 saturated heterocycles. The van der Waals surface area contributed by atoms with Gasteiger partial charge in [0.15, 0.2) is 0 Å². The van der Waals surface area contributed by atoms with E-state index in [0.29, 0.717) is 0 Å². The van der Waals surface area contributed by atoms with Crippen molar-refractivity contribution in [2.75, 3.05) is 0 Å². The van der Waals surface area contributed by atoms with Gasteiger partial charge in [0, 0.05) is 17.1 Å². The first-order valence-corrected chi connectivity index (χ1v) is 6.70. The first kappa shape index (κ1) is 10.8. The Bertz CT molecular complexity index is 582. The van der Waals surface area contributed by atoms with Gasteiger partial charge in [0.25, 0.3) is 0 Å². The normalized spacial score (nSPS) is 27.5. The SMILES string of the molecule is C#Cc1cccc2c1CC1/C(=C/I)C(=O)NC21. The van der Waals surface area contributed by atoms with Gasteiger partial charge in [-0.2, -0.15) is 0 Å². The number of hydrogen-bond donors (Lipinski definition) is 1. The number of fused-ring (bicyclic) bond motifs is 3. The van der Waals surface area contributed by atoms with Gasteiger partial charge in [-0.05, 0) is 27.7 Å². The summed E-state index contributed by atoms with van der Waals surface area (Å²) in [4.78, 5) is 11.8. The standard InChI is InChI=1S/C14H10INO/c1-2-8-4-3-5-9-10(8)6-11-12(7-15)14(17)16-13(9)11/h1,3-5,7,11,13H,6H2,(H,16,17)/b12-7-. The van der Waals surface area contributed by atoms with E-state index in [9.17, 15) is 4.79 Å². The fourth-order valence-electron chi connectivity index (χ4n) is 2.80. The van der Waals surface area contributed by atoms with Gasteiger partial charge in [0.2, 0.25) is 5.91 Å². The molecule has 84 valence electrons. The summed E-state index contributed by atoms with van der Waals surface area (Å²) in [6, 6.07) is 6.12. The molecule has 1 heterocycles. The molecule has 1 fully saturated rings. The molecule has 1 amide bonds. The lowest BCUT2D eigenvalue weighted by Crippen LogP contribution is -2.19. The molecule has 1 aliphatic carbocycles. The molecular weight excluding hydrogens is 325 g/mol. The van der Waals surface area contributed by atoms with Gasteiger partial charge >= 0.3 is 0 Å². The summed E-state index contributed by atoms with van der Waals surface area (Å²) < 4.78 is 1.89. The van der Waals surface area contributed by atoms with Crippen molar-refractivity contribution >= 4 is 28.5 Å². The molecule has 0 spiro atoms. The second-order valence-electron chi connectivity index (χ2n) is 4.34. The Hall–Kier alpha value is -1.28. The van der Waals surface area contributed by atoms with Crippen LogP contribution < -0.4 is 5.32 Å². The van der Waals surface area contributed by atoms with Crippen LogP contribution in [0.5, 0.6) is 0 Å². The number of benzene rings is 1. The summed E-state index contributed by atoms with van der Waals surface area (Å²) in [7, 11) is 0. The highest BCUT2D eigenvalue weighted by Crippen LogP contribution is 2.45. The maximum atomic E-state index is 11.8. The molecule has 0 radical (unpaired) electrons. The van der Waals surface area contributed by atoms with Gasteiger partial charge in [-0.25, -0.2) is 0 Å². The molecule has 0 aromatic heterocycles. The lowest BCUT2D eigenvalue weighted by atomic mass is 9.98. The van der Waals surface area contributed by atoms with E-state index in [1.54, 1.807) is 0 Å². The number of halogens is 1. The van der Waals surface area contributed by atoms with Crippen LogP contribution in [0.4, 0.5) is 0 Å². The average Bonchev–Trinajstić information content (AvgIpc) is 2.83. The second-order valence-corrected chi connectivity index (χ2v) is 4.97. The Morgan fingerprint density at radius 1 is 1.53 bits per heavy atom. The zero-order valence-corrected chi connectivity index (χ0v) is 11.2. The molecular formula is C14H10INO. The summed E-state index contributed by atoms with van der Waals surface area (Å²) in [5, 5.41) is 3.04. The number of terminal acetylenes is 1. The fraction of sp³-hybridized carbons (Fsp3) is 0.214. The summed E-state index contributed by atoms with van der Waals surface area (Å²) in [6.07, 6.45) is 6.38. The summed E-state index contributed by atoms with van der Waals surface area (Å²) in [6.45, 7) is 0. The van der Waals surface area contributed by atoms with Gasteiger partial charge < -0.3 is 5.32 Å². The van der Waals surface area contributed by atoms with Gasteiger partial charge in [-0.3, -0.25) is 4.79 Å². The Morgan fingerprint density at radius 2 is 2.35 bits per heavy atom. The van der Waals surface area contributed by atoms with Crippen molar-refractivity contribution in [3.8, 4) is 12.3 Å². The Kier molecular flexibility index (Phi) is 2.48. The van der Waals surface area contributed by atoms with E-state index in [-0.39, 0.29) is 17.9 Å². The third-order valence-electron chi connectivity index (χ3n) is 3.60. The summed E-state index contributed by atoms with van der Waals surface area (Å²) in [5.74, 6) is 3.04. The molecule has 17 heavy (non-hydrogen) atoms. The lowest BCUT2D eigenvalue weighted by molar-refractivity contribution is -0.116. The first-order chi connectivity index (χ1) is 8.26. The maximum absolute atomic E-state index is 11.8. The van der Waals surface area contributed by atoms with E-state index in [1.165, 1.54) is 11.1 Å². The van der Waals surface area contributed by atoms with Gasteiger partial charge in [-0.1, -0.05) is 40.6 Å². The van der Waals surface area contributed by atoms with Crippen LogP contribution in [-0.4, -0.2) is 5.91 Å². The van der Waals surface area contributed by atoms with Crippen molar-refractivity contribution in [1.82, 2.24) is 5.32 Å².